The second kappa shape index (κ2) is 10.5. The largest absolute Gasteiger partial charge is 0.495 e. The average Bonchev–Trinajstić information content (AvgIpc) is 2.79. The van der Waals surface area contributed by atoms with Gasteiger partial charge in [-0.2, -0.15) is 0 Å². The van der Waals surface area contributed by atoms with Gasteiger partial charge in [-0.05, 0) is 61.5 Å². The SMILES string of the molecule is COc1ccc(N([C@H](C)C(=O)Nc2ccc(S(=O)(=O)Nc3ccccn3)cc2)S(C)(=O)=O)cc1Cl. The van der Waals surface area contributed by atoms with Gasteiger partial charge in [-0.25, -0.2) is 21.8 Å². The van der Waals surface area contributed by atoms with E-state index in [1.54, 1.807) is 12.1 Å². The van der Waals surface area contributed by atoms with E-state index in [-0.39, 0.29) is 27.1 Å². The number of amides is 1. The number of sulfonamides is 2. The molecule has 1 atom stereocenters. The number of nitrogens with zero attached hydrogens (tertiary/aromatic N) is 2. The van der Waals surface area contributed by atoms with Crippen molar-refractivity contribution in [1.29, 1.82) is 0 Å². The molecule has 0 unspecified atom stereocenters. The van der Waals surface area contributed by atoms with E-state index in [2.05, 4.69) is 15.0 Å². The molecule has 0 aliphatic rings. The fourth-order valence-electron chi connectivity index (χ4n) is 3.19. The Morgan fingerprint density at radius 2 is 1.74 bits per heavy atom. The highest BCUT2D eigenvalue weighted by molar-refractivity contribution is 7.92. The fourth-order valence-corrected chi connectivity index (χ4v) is 5.61. The van der Waals surface area contributed by atoms with Crippen LogP contribution in [0.15, 0.2) is 71.8 Å². The summed E-state index contributed by atoms with van der Waals surface area (Å²) in [6.07, 6.45) is 2.43. The lowest BCUT2D eigenvalue weighted by Gasteiger charge is -2.28. The highest BCUT2D eigenvalue weighted by atomic mass is 35.5. The summed E-state index contributed by atoms with van der Waals surface area (Å²) in [7, 11) is -6.33. The number of methoxy groups -OCH3 is 1. The summed E-state index contributed by atoms with van der Waals surface area (Å²) in [5.41, 5.74) is 0.461. The number of nitrogens with one attached hydrogen (secondary N) is 2. The van der Waals surface area contributed by atoms with Crippen molar-refractivity contribution < 1.29 is 26.4 Å². The normalized spacial score (nSPS) is 12.5. The Hall–Kier alpha value is -3.35. The maximum Gasteiger partial charge on any atom is 0.263 e. The molecule has 13 heteroatoms. The Kier molecular flexibility index (Phi) is 7.88. The maximum absolute atomic E-state index is 12.9. The van der Waals surface area contributed by atoms with Gasteiger partial charge in [0.2, 0.25) is 15.9 Å². The highest BCUT2D eigenvalue weighted by Crippen LogP contribution is 2.31. The predicted octanol–water partition coefficient (Wildman–Crippen LogP) is 3.34. The van der Waals surface area contributed by atoms with E-state index in [1.807, 2.05) is 0 Å². The van der Waals surface area contributed by atoms with Crippen LogP contribution in [-0.4, -0.2) is 47.1 Å². The van der Waals surface area contributed by atoms with E-state index in [4.69, 9.17) is 16.3 Å². The zero-order valence-electron chi connectivity index (χ0n) is 19.0. The first-order chi connectivity index (χ1) is 16.4. The van der Waals surface area contributed by atoms with E-state index in [9.17, 15) is 21.6 Å². The Labute approximate surface area is 209 Å². The molecule has 35 heavy (non-hydrogen) atoms. The number of ether oxygens (including phenoxy) is 1. The van der Waals surface area contributed by atoms with E-state index in [0.717, 1.165) is 10.6 Å². The molecule has 0 spiro atoms. The standard InChI is InChI=1S/C22H23ClN4O6S2/c1-15(27(34(3,29)30)17-9-12-20(33-2)19(23)14-17)22(28)25-16-7-10-18(11-8-16)35(31,32)26-21-6-4-5-13-24-21/h4-15H,1-3H3,(H,24,26)(H,25,28)/t15-/m1/s1. The van der Waals surface area contributed by atoms with Gasteiger partial charge < -0.3 is 10.1 Å². The molecule has 0 fully saturated rings. The molecule has 0 saturated heterocycles. The molecule has 2 N–H and O–H groups in total. The van der Waals surface area contributed by atoms with Gasteiger partial charge in [0, 0.05) is 11.9 Å². The summed E-state index contributed by atoms with van der Waals surface area (Å²) in [6, 6.07) is 13.4. The van der Waals surface area contributed by atoms with Crippen LogP contribution in [0.5, 0.6) is 5.75 Å². The molecule has 0 aliphatic heterocycles. The third-order valence-corrected chi connectivity index (χ3v) is 7.72. The van der Waals surface area contributed by atoms with Crippen LogP contribution in [-0.2, 0) is 24.8 Å². The molecule has 0 radical (unpaired) electrons. The Morgan fingerprint density at radius 3 is 2.29 bits per heavy atom. The van der Waals surface area contributed by atoms with Crippen molar-refractivity contribution in [2.75, 3.05) is 27.7 Å². The molecular formula is C22H23ClN4O6S2. The van der Waals surface area contributed by atoms with Crippen LogP contribution in [0, 0.1) is 0 Å². The minimum Gasteiger partial charge on any atom is -0.495 e. The number of aromatic nitrogens is 1. The minimum absolute atomic E-state index is 0.0418. The van der Waals surface area contributed by atoms with E-state index >= 15 is 0 Å². The quantitative estimate of drug-likeness (QED) is 0.426. The van der Waals surface area contributed by atoms with Crippen molar-refractivity contribution in [3.8, 4) is 5.75 Å². The second-order valence-corrected chi connectivity index (χ2v) is 11.3. The number of hydrogen-bond donors (Lipinski definition) is 2. The van der Waals surface area contributed by atoms with Crippen molar-refractivity contribution in [2.45, 2.75) is 17.9 Å². The first kappa shape index (κ1) is 26.3. The second-order valence-electron chi connectivity index (χ2n) is 7.39. The van der Waals surface area contributed by atoms with Crippen LogP contribution >= 0.6 is 11.6 Å². The lowest BCUT2D eigenvalue weighted by molar-refractivity contribution is -0.116. The molecule has 186 valence electrons. The van der Waals surface area contributed by atoms with Crippen LogP contribution in [0.25, 0.3) is 0 Å². The molecule has 10 nitrogen and oxygen atoms in total. The van der Waals surface area contributed by atoms with Crippen LogP contribution in [0.3, 0.4) is 0 Å². The molecule has 3 rings (SSSR count). The number of hydrogen-bond acceptors (Lipinski definition) is 7. The van der Waals surface area contributed by atoms with Crippen molar-refractivity contribution in [3.63, 3.8) is 0 Å². The molecule has 1 aromatic heterocycles. The van der Waals surface area contributed by atoms with Gasteiger partial charge in [-0.1, -0.05) is 17.7 Å². The van der Waals surface area contributed by atoms with Crippen molar-refractivity contribution in [2.24, 2.45) is 0 Å². The number of pyridine rings is 1. The number of rotatable bonds is 9. The van der Waals surface area contributed by atoms with Crippen LogP contribution in [0.1, 0.15) is 6.92 Å². The highest BCUT2D eigenvalue weighted by Gasteiger charge is 2.30. The number of carbonyl (C=O) groups excluding carboxylic acids is 1. The summed E-state index contributed by atoms with van der Waals surface area (Å²) in [6.45, 7) is 1.42. The van der Waals surface area contributed by atoms with Crippen LogP contribution in [0.4, 0.5) is 17.2 Å². The third-order valence-electron chi connectivity index (χ3n) is 4.81. The van der Waals surface area contributed by atoms with Gasteiger partial charge in [0.25, 0.3) is 10.0 Å². The van der Waals surface area contributed by atoms with Gasteiger partial charge in [-0.3, -0.25) is 13.8 Å². The summed E-state index contributed by atoms with van der Waals surface area (Å²) >= 11 is 6.14. The lowest BCUT2D eigenvalue weighted by atomic mass is 10.2. The lowest BCUT2D eigenvalue weighted by Crippen LogP contribution is -2.45. The van der Waals surface area contributed by atoms with Crippen LogP contribution in [0.2, 0.25) is 5.02 Å². The zero-order chi connectivity index (χ0) is 25.8. The number of carbonyl (C=O) groups is 1. The topological polar surface area (TPSA) is 135 Å². The van der Waals surface area contributed by atoms with Crippen LogP contribution < -0.4 is 19.1 Å². The van der Waals surface area contributed by atoms with Crippen molar-refractivity contribution in [1.82, 2.24) is 4.98 Å². The first-order valence-corrected chi connectivity index (χ1v) is 13.8. The number of halogens is 1. The number of benzene rings is 2. The Bertz CT molecular complexity index is 1420. The van der Waals surface area contributed by atoms with Crippen molar-refractivity contribution >= 4 is 54.7 Å². The molecule has 1 heterocycles. The fraction of sp³-hybridized carbons (Fsp3) is 0.182. The smallest absolute Gasteiger partial charge is 0.263 e. The van der Waals surface area contributed by atoms with Gasteiger partial charge in [0.15, 0.2) is 0 Å². The molecule has 1 amide bonds. The average molecular weight is 539 g/mol. The van der Waals surface area contributed by atoms with E-state index in [0.29, 0.717) is 5.75 Å². The predicted molar refractivity (Wildman–Crippen MR) is 135 cm³/mol. The molecule has 0 aliphatic carbocycles. The molecule has 2 aromatic carbocycles. The third kappa shape index (κ3) is 6.41. The Morgan fingerprint density at radius 1 is 1.06 bits per heavy atom. The molecule has 3 aromatic rings. The number of anilines is 3. The summed E-state index contributed by atoms with van der Waals surface area (Å²) in [4.78, 5) is 16.8. The first-order valence-electron chi connectivity index (χ1n) is 10.1. The zero-order valence-corrected chi connectivity index (χ0v) is 21.4. The molecular weight excluding hydrogens is 516 g/mol. The Balaban J connectivity index is 1.78. The molecule has 0 saturated carbocycles. The maximum atomic E-state index is 12.9. The van der Waals surface area contributed by atoms with Crippen molar-refractivity contribution in [3.05, 3.63) is 71.9 Å². The van der Waals surface area contributed by atoms with Gasteiger partial charge in [0.05, 0.1) is 29.0 Å². The molecule has 0 bridgehead atoms. The summed E-state index contributed by atoms with van der Waals surface area (Å²) in [5, 5.41) is 2.78. The summed E-state index contributed by atoms with van der Waals surface area (Å²) in [5.74, 6) is -0.115. The minimum atomic E-state index is -3.89. The van der Waals surface area contributed by atoms with Gasteiger partial charge in [0.1, 0.15) is 17.6 Å². The van der Waals surface area contributed by atoms with E-state index < -0.39 is 32.0 Å². The van der Waals surface area contributed by atoms with E-state index in [1.165, 1.54) is 68.8 Å². The monoisotopic (exact) mass is 538 g/mol. The van der Waals surface area contributed by atoms with Gasteiger partial charge in [-0.15, -0.1) is 0 Å². The van der Waals surface area contributed by atoms with Gasteiger partial charge >= 0.3 is 0 Å². The summed E-state index contributed by atoms with van der Waals surface area (Å²) < 4.78 is 58.4.